The summed E-state index contributed by atoms with van der Waals surface area (Å²) in [6.07, 6.45) is 3.90. The number of nitrogens with one attached hydrogen (secondary N) is 1. The molecule has 2 N–H and O–H groups in total. The molecule has 3 rings (SSSR count). The van der Waals surface area contributed by atoms with E-state index in [1.165, 1.54) is 12.8 Å². The predicted octanol–water partition coefficient (Wildman–Crippen LogP) is 2.59. The van der Waals surface area contributed by atoms with E-state index in [1.54, 1.807) is 0 Å². The lowest BCUT2D eigenvalue weighted by molar-refractivity contribution is -0.0116. The third-order valence-electron chi connectivity index (χ3n) is 4.58. The van der Waals surface area contributed by atoms with Crippen LogP contribution in [0.25, 0.3) is 0 Å². The Morgan fingerprint density at radius 2 is 1.71 bits per heavy atom. The third-order valence-corrected chi connectivity index (χ3v) is 4.58. The summed E-state index contributed by atoms with van der Waals surface area (Å²) < 4.78 is 11.3. The molecule has 4 nitrogen and oxygen atoms in total. The van der Waals surface area contributed by atoms with Gasteiger partial charge in [0, 0.05) is 12.1 Å². The van der Waals surface area contributed by atoms with Gasteiger partial charge in [0.15, 0.2) is 11.5 Å². The van der Waals surface area contributed by atoms with E-state index in [0.29, 0.717) is 25.3 Å². The Morgan fingerprint density at radius 3 is 2.33 bits per heavy atom. The maximum atomic E-state index is 11.1. The van der Waals surface area contributed by atoms with Gasteiger partial charge in [0.2, 0.25) is 0 Å². The minimum absolute atomic E-state index is 0.441. The molecule has 4 heteroatoms. The van der Waals surface area contributed by atoms with E-state index in [2.05, 4.69) is 5.32 Å². The van der Waals surface area contributed by atoms with Crippen LogP contribution in [-0.2, 0) is 5.60 Å². The second-order valence-electron chi connectivity index (χ2n) is 6.11. The van der Waals surface area contributed by atoms with Gasteiger partial charge in [0.1, 0.15) is 0 Å². The molecule has 0 aliphatic carbocycles. The molecule has 1 aromatic carbocycles. The molecule has 2 saturated heterocycles. The predicted molar refractivity (Wildman–Crippen MR) is 81.9 cm³/mol. The summed E-state index contributed by atoms with van der Waals surface area (Å²) in [5.74, 6) is 1.49. The maximum Gasteiger partial charge on any atom is 0.161 e. The Hall–Kier alpha value is -1.26. The molecule has 2 heterocycles. The molecule has 0 spiro atoms. The van der Waals surface area contributed by atoms with Crippen LogP contribution >= 0.6 is 0 Å². The molecule has 2 unspecified atom stereocenters. The van der Waals surface area contributed by atoms with Crippen LogP contribution in [-0.4, -0.2) is 30.4 Å². The van der Waals surface area contributed by atoms with Crippen molar-refractivity contribution in [2.45, 2.75) is 57.2 Å². The van der Waals surface area contributed by atoms with Crippen LogP contribution in [0.4, 0.5) is 0 Å². The Balaban J connectivity index is 1.89. The minimum atomic E-state index is -0.742. The van der Waals surface area contributed by atoms with Gasteiger partial charge in [-0.2, -0.15) is 0 Å². The first-order valence-electron chi connectivity index (χ1n) is 8.03. The zero-order valence-corrected chi connectivity index (χ0v) is 12.9. The van der Waals surface area contributed by atoms with Crippen molar-refractivity contribution in [1.82, 2.24) is 5.32 Å². The summed E-state index contributed by atoms with van der Waals surface area (Å²) in [5, 5.41) is 14.7. The van der Waals surface area contributed by atoms with E-state index in [1.807, 2.05) is 32.0 Å². The molecule has 0 saturated carbocycles. The number of aliphatic hydroxyl groups is 1. The molecule has 0 aromatic heterocycles. The number of rotatable bonds is 5. The third kappa shape index (κ3) is 2.87. The Morgan fingerprint density at radius 1 is 1.10 bits per heavy atom. The van der Waals surface area contributed by atoms with Gasteiger partial charge in [-0.15, -0.1) is 0 Å². The molecule has 0 amide bonds. The lowest BCUT2D eigenvalue weighted by atomic mass is 9.81. The molecular weight excluding hydrogens is 266 g/mol. The molecule has 2 fully saturated rings. The fourth-order valence-electron chi connectivity index (χ4n) is 3.70. The molecule has 1 aromatic rings. The zero-order valence-electron chi connectivity index (χ0n) is 12.9. The lowest BCUT2D eigenvalue weighted by Gasteiger charge is -2.37. The summed E-state index contributed by atoms with van der Waals surface area (Å²) >= 11 is 0. The van der Waals surface area contributed by atoms with Gasteiger partial charge in [-0.05, 0) is 57.2 Å². The fourth-order valence-corrected chi connectivity index (χ4v) is 3.70. The largest absolute Gasteiger partial charge is 0.490 e. The van der Waals surface area contributed by atoms with Crippen molar-refractivity contribution >= 4 is 0 Å². The first-order valence-corrected chi connectivity index (χ1v) is 8.03. The molecule has 2 aliphatic heterocycles. The van der Waals surface area contributed by atoms with Crippen molar-refractivity contribution in [3.8, 4) is 11.5 Å². The molecule has 0 radical (unpaired) electrons. The van der Waals surface area contributed by atoms with Crippen molar-refractivity contribution in [1.29, 1.82) is 0 Å². The van der Waals surface area contributed by atoms with Crippen LogP contribution in [0.3, 0.4) is 0 Å². The molecule has 2 bridgehead atoms. The summed E-state index contributed by atoms with van der Waals surface area (Å²) in [5.41, 5.74) is 0.209. The second kappa shape index (κ2) is 5.85. The normalized spacial score (nSPS) is 31.2. The van der Waals surface area contributed by atoms with Gasteiger partial charge in [-0.1, -0.05) is 6.07 Å². The van der Waals surface area contributed by atoms with Crippen molar-refractivity contribution in [3.63, 3.8) is 0 Å². The van der Waals surface area contributed by atoms with E-state index < -0.39 is 5.60 Å². The maximum absolute atomic E-state index is 11.1. The number of benzene rings is 1. The van der Waals surface area contributed by atoms with Crippen molar-refractivity contribution in [2.75, 3.05) is 13.2 Å². The van der Waals surface area contributed by atoms with E-state index in [4.69, 9.17) is 9.47 Å². The highest BCUT2D eigenvalue weighted by Crippen LogP contribution is 2.42. The highest BCUT2D eigenvalue weighted by Gasteiger charge is 2.43. The molecule has 2 aliphatic rings. The van der Waals surface area contributed by atoms with Crippen molar-refractivity contribution < 1.29 is 14.6 Å². The van der Waals surface area contributed by atoms with Gasteiger partial charge in [0.25, 0.3) is 0 Å². The monoisotopic (exact) mass is 291 g/mol. The average Bonchev–Trinajstić information content (AvgIpc) is 2.81. The van der Waals surface area contributed by atoms with E-state index in [-0.39, 0.29) is 0 Å². The Labute approximate surface area is 126 Å². The Kier molecular flexibility index (Phi) is 4.09. The summed E-state index contributed by atoms with van der Waals surface area (Å²) in [7, 11) is 0. The van der Waals surface area contributed by atoms with Crippen LogP contribution in [0.5, 0.6) is 11.5 Å². The van der Waals surface area contributed by atoms with Crippen molar-refractivity contribution in [2.24, 2.45) is 0 Å². The van der Waals surface area contributed by atoms with Gasteiger partial charge in [-0.3, -0.25) is 0 Å². The number of hydrogen-bond donors (Lipinski definition) is 2. The van der Waals surface area contributed by atoms with Crippen LogP contribution in [0.2, 0.25) is 0 Å². The summed E-state index contributed by atoms with van der Waals surface area (Å²) in [4.78, 5) is 0. The summed E-state index contributed by atoms with van der Waals surface area (Å²) in [6.45, 7) is 5.12. The molecule has 21 heavy (non-hydrogen) atoms. The van der Waals surface area contributed by atoms with Crippen molar-refractivity contribution in [3.05, 3.63) is 23.8 Å². The molecule has 116 valence electrons. The van der Waals surface area contributed by atoms with Gasteiger partial charge in [-0.25, -0.2) is 0 Å². The Bertz CT molecular complexity index is 491. The molecule has 2 atom stereocenters. The highest BCUT2D eigenvalue weighted by atomic mass is 16.5. The van der Waals surface area contributed by atoms with Crippen LogP contribution in [0.1, 0.15) is 45.1 Å². The van der Waals surface area contributed by atoms with Crippen LogP contribution in [0.15, 0.2) is 18.2 Å². The topological polar surface area (TPSA) is 50.7 Å². The standard InChI is InChI=1S/C17H25NO3/c1-3-20-15-8-5-12(9-16(15)21-4-2)17(19)10-13-6-7-14(11-17)18-13/h5,8-9,13-14,18-19H,3-4,6-7,10-11H2,1-2H3. The number of piperidine rings is 1. The van der Waals surface area contributed by atoms with Gasteiger partial charge in [0.05, 0.1) is 18.8 Å². The van der Waals surface area contributed by atoms with E-state index in [0.717, 1.165) is 29.9 Å². The van der Waals surface area contributed by atoms with Gasteiger partial charge >= 0.3 is 0 Å². The number of ether oxygens (including phenoxy) is 2. The van der Waals surface area contributed by atoms with Crippen LogP contribution < -0.4 is 14.8 Å². The first-order chi connectivity index (χ1) is 10.1. The smallest absolute Gasteiger partial charge is 0.161 e. The lowest BCUT2D eigenvalue weighted by Crippen LogP contribution is -2.46. The minimum Gasteiger partial charge on any atom is -0.490 e. The van der Waals surface area contributed by atoms with E-state index >= 15 is 0 Å². The highest BCUT2D eigenvalue weighted by molar-refractivity contribution is 5.45. The average molecular weight is 291 g/mol. The number of fused-ring (bicyclic) bond motifs is 2. The number of hydrogen-bond acceptors (Lipinski definition) is 4. The quantitative estimate of drug-likeness (QED) is 0.875. The SMILES string of the molecule is CCOc1ccc(C2(O)CC3CCC(C2)N3)cc1OCC. The van der Waals surface area contributed by atoms with Gasteiger partial charge < -0.3 is 19.9 Å². The van der Waals surface area contributed by atoms with Crippen LogP contribution in [0, 0.1) is 0 Å². The van der Waals surface area contributed by atoms with E-state index in [9.17, 15) is 5.11 Å². The zero-order chi connectivity index (χ0) is 14.9. The second-order valence-corrected chi connectivity index (χ2v) is 6.11. The summed E-state index contributed by atoms with van der Waals surface area (Å²) in [6, 6.07) is 6.75. The first kappa shape index (κ1) is 14.7. The molecular formula is C17H25NO3. The fraction of sp³-hybridized carbons (Fsp3) is 0.647.